The number of ketones is 1. The average molecular weight is 202 g/mol. The lowest BCUT2D eigenvalue weighted by atomic mass is 10.2. The molecule has 0 saturated heterocycles. The van der Waals surface area contributed by atoms with Crippen molar-refractivity contribution in [3.05, 3.63) is 22.5 Å². The van der Waals surface area contributed by atoms with Crippen molar-refractivity contribution < 1.29 is 14.7 Å². The van der Waals surface area contributed by atoms with Gasteiger partial charge in [0.2, 0.25) is 0 Å². The van der Waals surface area contributed by atoms with Crippen LogP contribution in [-0.2, 0) is 7.05 Å². The molecule has 0 radical (unpaired) electrons. The monoisotopic (exact) mass is 201 g/mol. The van der Waals surface area contributed by atoms with Crippen molar-refractivity contribution in [2.75, 3.05) is 0 Å². The first-order valence-electron chi connectivity index (χ1n) is 3.54. The van der Waals surface area contributed by atoms with E-state index in [0.29, 0.717) is 0 Å². The molecule has 0 unspecified atom stereocenters. The first-order valence-corrected chi connectivity index (χ1v) is 3.92. The highest BCUT2D eigenvalue weighted by atomic mass is 35.5. The molecule has 1 N–H and O–H groups in total. The lowest BCUT2D eigenvalue weighted by molar-refractivity contribution is 0.0686. The van der Waals surface area contributed by atoms with Crippen LogP contribution in [0.2, 0.25) is 5.15 Å². The van der Waals surface area contributed by atoms with E-state index in [1.165, 1.54) is 24.6 Å². The van der Waals surface area contributed by atoms with Gasteiger partial charge in [-0.15, -0.1) is 0 Å². The second-order valence-electron chi connectivity index (χ2n) is 2.65. The molecule has 0 amide bonds. The van der Waals surface area contributed by atoms with Gasteiger partial charge in [0.25, 0.3) is 0 Å². The van der Waals surface area contributed by atoms with Gasteiger partial charge in [-0.05, 0) is 13.0 Å². The Labute approximate surface area is 79.7 Å². The maximum absolute atomic E-state index is 11.0. The zero-order chi connectivity index (χ0) is 10.2. The average Bonchev–Trinajstić information content (AvgIpc) is 2.29. The van der Waals surface area contributed by atoms with Crippen molar-refractivity contribution in [3.63, 3.8) is 0 Å². The van der Waals surface area contributed by atoms with E-state index in [0.717, 1.165) is 0 Å². The molecule has 13 heavy (non-hydrogen) atoms. The normalized spacial score (nSPS) is 10.1. The molecule has 1 aromatic rings. The number of Topliss-reactive ketones (excluding diaryl/α,β-unsaturated/α-hetero) is 1. The van der Waals surface area contributed by atoms with Gasteiger partial charge in [0.05, 0.1) is 5.56 Å². The summed E-state index contributed by atoms with van der Waals surface area (Å²) in [5, 5.41) is 8.85. The van der Waals surface area contributed by atoms with Crippen molar-refractivity contribution in [3.8, 4) is 0 Å². The molecule has 0 fully saturated rings. The van der Waals surface area contributed by atoms with Crippen molar-refractivity contribution in [1.29, 1.82) is 0 Å². The molecule has 0 aliphatic rings. The van der Waals surface area contributed by atoms with Gasteiger partial charge in [0.15, 0.2) is 5.78 Å². The number of rotatable bonds is 2. The van der Waals surface area contributed by atoms with Crippen molar-refractivity contribution in [1.82, 2.24) is 4.57 Å². The Bertz CT molecular complexity index is 346. The number of carboxylic acids is 1. The molecule has 5 heteroatoms. The number of carbonyl (C=O) groups excluding carboxylic acids is 1. The summed E-state index contributed by atoms with van der Waals surface area (Å²) in [5.41, 5.74) is 0.247. The Hall–Kier alpha value is -1.29. The van der Waals surface area contributed by atoms with Gasteiger partial charge >= 0.3 is 5.97 Å². The van der Waals surface area contributed by atoms with E-state index in [9.17, 15) is 9.59 Å². The number of hydrogen-bond donors (Lipinski definition) is 1. The molecule has 0 bridgehead atoms. The summed E-state index contributed by atoms with van der Waals surface area (Å²) >= 11 is 5.73. The SMILES string of the molecule is CC(=O)c1cc(C(=O)O)n(C)c1Cl. The Kier molecular flexibility index (Phi) is 2.43. The summed E-state index contributed by atoms with van der Waals surface area (Å²) in [7, 11) is 1.50. The smallest absolute Gasteiger partial charge is 0.352 e. The van der Waals surface area contributed by atoms with Gasteiger partial charge in [-0.1, -0.05) is 11.6 Å². The van der Waals surface area contributed by atoms with E-state index in [4.69, 9.17) is 16.7 Å². The number of nitrogens with zero attached hydrogens (tertiary/aromatic N) is 1. The third kappa shape index (κ3) is 1.58. The summed E-state index contributed by atoms with van der Waals surface area (Å²) in [6, 6.07) is 1.27. The van der Waals surface area contributed by atoms with Gasteiger partial charge in [0, 0.05) is 7.05 Å². The fourth-order valence-electron chi connectivity index (χ4n) is 1.03. The first-order chi connectivity index (χ1) is 5.95. The zero-order valence-electron chi connectivity index (χ0n) is 7.17. The molecule has 0 aliphatic carbocycles. The van der Waals surface area contributed by atoms with Crippen molar-refractivity contribution >= 4 is 23.4 Å². The summed E-state index contributed by atoms with van der Waals surface area (Å²) < 4.78 is 1.26. The van der Waals surface area contributed by atoms with Crippen LogP contribution in [0.15, 0.2) is 6.07 Å². The van der Waals surface area contributed by atoms with E-state index in [1.807, 2.05) is 0 Å². The number of hydrogen-bond acceptors (Lipinski definition) is 2. The van der Waals surface area contributed by atoms with Crippen LogP contribution in [0.5, 0.6) is 0 Å². The van der Waals surface area contributed by atoms with Crippen molar-refractivity contribution in [2.45, 2.75) is 6.92 Å². The van der Waals surface area contributed by atoms with Crippen LogP contribution in [0.4, 0.5) is 0 Å². The lowest BCUT2D eigenvalue weighted by Crippen LogP contribution is -2.03. The maximum atomic E-state index is 11.0. The van der Waals surface area contributed by atoms with Crippen LogP contribution >= 0.6 is 11.6 Å². The van der Waals surface area contributed by atoms with Crippen LogP contribution < -0.4 is 0 Å². The van der Waals surface area contributed by atoms with Gasteiger partial charge in [-0.25, -0.2) is 4.79 Å². The van der Waals surface area contributed by atoms with E-state index < -0.39 is 5.97 Å². The summed E-state index contributed by atoms with van der Waals surface area (Å²) in [5.74, 6) is -1.34. The minimum atomic E-state index is -1.10. The molecule has 0 aromatic carbocycles. The largest absolute Gasteiger partial charge is 0.477 e. The molecule has 0 spiro atoms. The Morgan fingerprint density at radius 1 is 1.54 bits per heavy atom. The fourth-order valence-corrected chi connectivity index (χ4v) is 1.31. The second kappa shape index (κ2) is 3.22. The molecule has 4 nitrogen and oxygen atoms in total. The maximum Gasteiger partial charge on any atom is 0.352 e. The third-order valence-corrected chi connectivity index (χ3v) is 2.21. The predicted molar refractivity (Wildman–Crippen MR) is 47.4 cm³/mol. The second-order valence-corrected chi connectivity index (χ2v) is 3.01. The number of carboxylic acid groups (broad SMARTS) is 1. The Morgan fingerprint density at radius 2 is 2.08 bits per heavy atom. The van der Waals surface area contributed by atoms with E-state index >= 15 is 0 Å². The minimum absolute atomic E-state index is 0.00944. The number of aromatic carboxylic acids is 1. The highest BCUT2D eigenvalue weighted by Gasteiger charge is 2.17. The molecule has 0 atom stereocenters. The van der Waals surface area contributed by atoms with Gasteiger partial charge < -0.3 is 9.67 Å². The molecule has 0 aliphatic heterocycles. The lowest BCUT2D eigenvalue weighted by Gasteiger charge is -1.97. The number of aromatic nitrogens is 1. The van der Waals surface area contributed by atoms with Crippen molar-refractivity contribution in [2.24, 2.45) is 7.05 Å². The molecule has 0 saturated carbocycles. The summed E-state index contributed by atoms with van der Waals surface area (Å²) in [6.07, 6.45) is 0. The van der Waals surface area contributed by atoms with E-state index in [2.05, 4.69) is 0 Å². The highest BCUT2D eigenvalue weighted by Crippen LogP contribution is 2.20. The highest BCUT2D eigenvalue weighted by molar-refractivity contribution is 6.33. The number of carbonyl (C=O) groups is 2. The Balaban J connectivity index is 3.36. The third-order valence-electron chi connectivity index (χ3n) is 1.76. The quantitative estimate of drug-likeness (QED) is 0.739. The fraction of sp³-hybridized carbons (Fsp3) is 0.250. The Morgan fingerprint density at radius 3 is 2.31 bits per heavy atom. The first kappa shape index (κ1) is 9.80. The van der Waals surface area contributed by atoms with Crippen LogP contribution in [0.1, 0.15) is 27.8 Å². The van der Waals surface area contributed by atoms with Gasteiger partial charge in [0.1, 0.15) is 10.8 Å². The molecular formula is C8H8ClNO3. The minimum Gasteiger partial charge on any atom is -0.477 e. The number of halogens is 1. The summed E-state index contributed by atoms with van der Waals surface area (Å²) in [6.45, 7) is 1.34. The van der Waals surface area contributed by atoms with Crippen LogP contribution in [-0.4, -0.2) is 21.4 Å². The van der Waals surface area contributed by atoms with Crippen LogP contribution in [0.3, 0.4) is 0 Å². The zero-order valence-corrected chi connectivity index (χ0v) is 7.92. The summed E-state index contributed by atoms with van der Waals surface area (Å²) in [4.78, 5) is 21.6. The molecule has 1 heterocycles. The molecular weight excluding hydrogens is 194 g/mol. The van der Waals surface area contributed by atoms with Gasteiger partial charge in [-0.2, -0.15) is 0 Å². The standard InChI is InChI=1S/C8H8ClNO3/c1-4(11)5-3-6(8(12)13)10(2)7(5)9/h3H,1-2H3,(H,12,13). The van der Waals surface area contributed by atoms with Crippen LogP contribution in [0, 0.1) is 0 Å². The topological polar surface area (TPSA) is 59.3 Å². The van der Waals surface area contributed by atoms with E-state index in [-0.39, 0.29) is 22.2 Å². The van der Waals surface area contributed by atoms with Crippen LogP contribution in [0.25, 0.3) is 0 Å². The molecule has 70 valence electrons. The molecule has 1 rings (SSSR count). The predicted octanol–water partition coefficient (Wildman–Crippen LogP) is 1.58. The molecule has 1 aromatic heterocycles. The van der Waals surface area contributed by atoms with Gasteiger partial charge in [-0.3, -0.25) is 4.79 Å². The van der Waals surface area contributed by atoms with E-state index in [1.54, 1.807) is 0 Å².